The molecule has 0 bridgehead atoms. The molecule has 0 amide bonds. The van der Waals surface area contributed by atoms with Crippen LogP contribution in [-0.2, 0) is 20.5 Å². The van der Waals surface area contributed by atoms with E-state index in [9.17, 15) is 9.00 Å². The van der Waals surface area contributed by atoms with Crippen molar-refractivity contribution >= 4 is 17.0 Å². The van der Waals surface area contributed by atoms with E-state index in [0.717, 1.165) is 0 Å². The minimum Gasteiger partial charge on any atom is -0.469 e. The van der Waals surface area contributed by atoms with Gasteiger partial charge in [0.25, 0.3) is 0 Å². The summed E-state index contributed by atoms with van der Waals surface area (Å²) in [6.45, 7) is 3.28. The van der Waals surface area contributed by atoms with Crippen LogP contribution in [0.4, 0.5) is 0 Å². The zero-order valence-electron chi connectivity index (χ0n) is 6.92. The molecule has 11 heavy (non-hydrogen) atoms. The third-order valence-electron chi connectivity index (χ3n) is 1.24. The SMILES string of the molecule is COC(=O)C(C)(C)CS(N)=O. The summed E-state index contributed by atoms with van der Waals surface area (Å²) in [6.07, 6.45) is 0. The lowest BCUT2D eigenvalue weighted by Crippen LogP contribution is -2.33. The van der Waals surface area contributed by atoms with E-state index in [1.807, 2.05) is 0 Å². The van der Waals surface area contributed by atoms with Crippen molar-refractivity contribution in [2.45, 2.75) is 13.8 Å². The molecule has 0 saturated carbocycles. The van der Waals surface area contributed by atoms with Crippen molar-refractivity contribution in [2.75, 3.05) is 12.9 Å². The zero-order valence-corrected chi connectivity index (χ0v) is 7.73. The molecule has 0 aromatic carbocycles. The first-order valence-corrected chi connectivity index (χ1v) is 4.49. The van der Waals surface area contributed by atoms with Crippen molar-refractivity contribution in [2.24, 2.45) is 10.6 Å². The van der Waals surface area contributed by atoms with Gasteiger partial charge in [-0.3, -0.25) is 9.93 Å². The van der Waals surface area contributed by atoms with Crippen LogP contribution < -0.4 is 5.14 Å². The number of carbonyl (C=O) groups is 1. The van der Waals surface area contributed by atoms with Gasteiger partial charge in [-0.15, -0.1) is 0 Å². The summed E-state index contributed by atoms with van der Waals surface area (Å²) in [5.41, 5.74) is -0.756. The van der Waals surface area contributed by atoms with Crippen LogP contribution in [0.15, 0.2) is 0 Å². The summed E-state index contributed by atoms with van der Waals surface area (Å²) in [7, 11) is -0.163. The van der Waals surface area contributed by atoms with Gasteiger partial charge in [0, 0.05) is 0 Å². The first-order valence-electron chi connectivity index (χ1n) is 3.11. The molecule has 0 aliphatic heterocycles. The van der Waals surface area contributed by atoms with Crippen LogP contribution in [0.1, 0.15) is 13.8 Å². The zero-order chi connectivity index (χ0) is 9.07. The second-order valence-corrected chi connectivity index (χ2v) is 3.95. The molecule has 0 fully saturated rings. The van der Waals surface area contributed by atoms with Gasteiger partial charge in [0.05, 0.1) is 29.3 Å². The molecule has 2 N–H and O–H groups in total. The molecule has 4 nitrogen and oxygen atoms in total. The number of ether oxygens (including phenoxy) is 1. The molecule has 1 unspecified atom stereocenters. The number of hydrogen-bond acceptors (Lipinski definition) is 3. The van der Waals surface area contributed by atoms with Crippen molar-refractivity contribution < 1.29 is 13.7 Å². The van der Waals surface area contributed by atoms with Crippen LogP contribution in [0.2, 0.25) is 0 Å². The van der Waals surface area contributed by atoms with Gasteiger partial charge in [-0.25, -0.2) is 4.21 Å². The third kappa shape index (κ3) is 3.48. The molecule has 1 atom stereocenters. The largest absolute Gasteiger partial charge is 0.469 e. The lowest BCUT2D eigenvalue weighted by atomic mass is 9.97. The Labute approximate surface area is 68.7 Å². The molecule has 0 heterocycles. The highest BCUT2D eigenvalue weighted by molar-refractivity contribution is 7.82. The molecule has 5 heteroatoms. The van der Waals surface area contributed by atoms with Gasteiger partial charge in [-0.1, -0.05) is 0 Å². The number of rotatable bonds is 3. The van der Waals surface area contributed by atoms with Crippen molar-refractivity contribution in [3.63, 3.8) is 0 Å². The van der Waals surface area contributed by atoms with Gasteiger partial charge in [0.1, 0.15) is 0 Å². The molecule has 0 spiro atoms. The van der Waals surface area contributed by atoms with E-state index >= 15 is 0 Å². The number of hydrogen-bond donors (Lipinski definition) is 1. The van der Waals surface area contributed by atoms with Gasteiger partial charge < -0.3 is 4.74 Å². The summed E-state index contributed by atoms with van der Waals surface area (Å²) >= 11 is 0. The average molecular weight is 179 g/mol. The quantitative estimate of drug-likeness (QED) is 0.610. The molecule has 66 valence electrons. The van der Waals surface area contributed by atoms with E-state index in [4.69, 9.17) is 5.14 Å². The summed E-state index contributed by atoms with van der Waals surface area (Å²) in [5.74, 6) is -0.268. The number of nitrogens with two attached hydrogens (primary N) is 1. The molecular weight excluding hydrogens is 166 g/mol. The van der Waals surface area contributed by atoms with E-state index < -0.39 is 22.4 Å². The normalized spacial score (nSPS) is 14.2. The second-order valence-electron chi connectivity index (χ2n) is 2.90. The first kappa shape index (κ1) is 10.6. The third-order valence-corrected chi connectivity index (χ3v) is 2.25. The molecule has 0 aromatic rings. The lowest BCUT2D eigenvalue weighted by molar-refractivity contribution is -0.149. The van der Waals surface area contributed by atoms with Crippen LogP contribution in [0.25, 0.3) is 0 Å². The van der Waals surface area contributed by atoms with E-state index in [1.54, 1.807) is 13.8 Å². The summed E-state index contributed by atoms with van der Waals surface area (Å²) < 4.78 is 15.0. The fourth-order valence-corrected chi connectivity index (χ4v) is 1.52. The number of esters is 1. The van der Waals surface area contributed by atoms with Crippen LogP contribution in [-0.4, -0.2) is 23.0 Å². The van der Waals surface area contributed by atoms with E-state index in [2.05, 4.69) is 4.74 Å². The molecule has 0 rings (SSSR count). The molecular formula is C6H13NO3S. The van der Waals surface area contributed by atoms with Crippen LogP contribution >= 0.6 is 0 Å². The monoisotopic (exact) mass is 179 g/mol. The Morgan fingerprint density at radius 2 is 2.09 bits per heavy atom. The van der Waals surface area contributed by atoms with Crippen molar-refractivity contribution in [1.29, 1.82) is 0 Å². The van der Waals surface area contributed by atoms with Crippen LogP contribution in [0.5, 0.6) is 0 Å². The fraction of sp³-hybridized carbons (Fsp3) is 0.833. The summed E-state index contributed by atoms with van der Waals surface area (Å²) in [5, 5.41) is 5.04. The van der Waals surface area contributed by atoms with Crippen molar-refractivity contribution in [1.82, 2.24) is 0 Å². The predicted octanol–water partition coefficient (Wildman–Crippen LogP) is -0.192. The predicted molar refractivity (Wildman–Crippen MR) is 43.0 cm³/mol. The Hall–Kier alpha value is -0.420. The maximum absolute atomic E-state index is 11.0. The Kier molecular flexibility index (Phi) is 3.68. The average Bonchev–Trinajstić information content (AvgIpc) is 1.83. The van der Waals surface area contributed by atoms with Gasteiger partial charge in [0.15, 0.2) is 0 Å². The molecule has 0 saturated heterocycles. The highest BCUT2D eigenvalue weighted by Gasteiger charge is 2.30. The smallest absolute Gasteiger partial charge is 0.312 e. The Balaban J connectivity index is 4.21. The second kappa shape index (κ2) is 3.82. The molecule has 0 radical (unpaired) electrons. The first-order chi connectivity index (χ1) is 4.90. The topological polar surface area (TPSA) is 69.4 Å². The standard InChI is InChI=1S/C6H13NO3S/c1-6(2,4-11(7)9)5(8)10-3/h4,7H2,1-3H3. The number of methoxy groups -OCH3 is 1. The molecule has 0 aromatic heterocycles. The Morgan fingerprint density at radius 1 is 1.64 bits per heavy atom. The van der Waals surface area contributed by atoms with Crippen LogP contribution in [0.3, 0.4) is 0 Å². The highest BCUT2D eigenvalue weighted by Crippen LogP contribution is 2.16. The summed E-state index contributed by atoms with van der Waals surface area (Å²) in [6, 6.07) is 0. The Bertz CT molecular complexity index is 179. The summed E-state index contributed by atoms with van der Waals surface area (Å²) in [4.78, 5) is 11.0. The van der Waals surface area contributed by atoms with Crippen molar-refractivity contribution in [3.8, 4) is 0 Å². The van der Waals surface area contributed by atoms with E-state index in [1.165, 1.54) is 7.11 Å². The van der Waals surface area contributed by atoms with Crippen LogP contribution in [0, 0.1) is 5.41 Å². The minimum atomic E-state index is -1.46. The van der Waals surface area contributed by atoms with Gasteiger partial charge in [0.2, 0.25) is 0 Å². The molecule has 0 aliphatic rings. The fourth-order valence-electron chi connectivity index (χ4n) is 0.691. The molecule has 0 aliphatic carbocycles. The lowest BCUT2D eigenvalue weighted by Gasteiger charge is -2.18. The van der Waals surface area contributed by atoms with Crippen molar-refractivity contribution in [3.05, 3.63) is 0 Å². The highest BCUT2D eigenvalue weighted by atomic mass is 32.2. The number of carbonyl (C=O) groups excluding carboxylic acids is 1. The Morgan fingerprint density at radius 3 is 2.36 bits per heavy atom. The maximum Gasteiger partial charge on any atom is 0.312 e. The minimum absolute atomic E-state index is 0.125. The van der Waals surface area contributed by atoms with E-state index in [0.29, 0.717) is 0 Å². The van der Waals surface area contributed by atoms with Gasteiger partial charge >= 0.3 is 5.97 Å². The van der Waals surface area contributed by atoms with Gasteiger partial charge in [-0.05, 0) is 13.8 Å². The van der Waals surface area contributed by atoms with Gasteiger partial charge in [-0.2, -0.15) is 0 Å². The van der Waals surface area contributed by atoms with E-state index in [-0.39, 0.29) is 5.75 Å². The maximum atomic E-state index is 11.0.